The molecule has 0 aliphatic heterocycles. The molecule has 194 valence electrons. The third-order valence-corrected chi connectivity index (χ3v) is 11.1. The fourth-order valence-electron chi connectivity index (χ4n) is 8.95. The molecule has 4 aliphatic carbocycles. The number of esters is 1. The number of hydrogen-bond acceptors (Lipinski definition) is 2. The Morgan fingerprint density at radius 1 is 1.06 bits per heavy atom. The van der Waals surface area contributed by atoms with Crippen molar-refractivity contribution in [3.8, 4) is 0 Å². The van der Waals surface area contributed by atoms with Crippen LogP contribution in [0.15, 0.2) is 11.6 Å². The fraction of sp³-hybridized carbons (Fsp3) is 0.903. The van der Waals surface area contributed by atoms with Crippen molar-refractivity contribution in [1.82, 2.24) is 0 Å². The molecule has 0 radical (unpaired) electrons. The fourth-order valence-corrected chi connectivity index (χ4v) is 9.07. The van der Waals surface area contributed by atoms with Crippen LogP contribution in [0.2, 0.25) is 0 Å². The molecule has 8 atom stereocenters. The summed E-state index contributed by atoms with van der Waals surface area (Å²) < 4.78 is 5.84. The molecule has 0 bridgehead atoms. The van der Waals surface area contributed by atoms with Gasteiger partial charge in [0, 0.05) is 11.8 Å². The highest BCUT2D eigenvalue weighted by molar-refractivity contribution is 6.21. The topological polar surface area (TPSA) is 26.3 Å². The van der Waals surface area contributed by atoms with Crippen LogP contribution >= 0.6 is 11.6 Å². The molecule has 0 aromatic rings. The number of carbonyl (C=O) groups excluding carboxylic acids is 1. The first-order chi connectivity index (χ1) is 16.3. The Bertz CT molecular complexity index is 729. The molecule has 4 aliphatic rings. The molecule has 8 unspecified atom stereocenters. The zero-order valence-corrected chi connectivity index (χ0v) is 23.3. The summed E-state index contributed by atoms with van der Waals surface area (Å²) >= 11 is 6.01. The molecular weight excluding hydrogens is 440 g/mol. The van der Waals surface area contributed by atoms with E-state index in [0.29, 0.717) is 17.3 Å². The number of ether oxygens (including phenoxy) is 1. The Labute approximate surface area is 215 Å². The summed E-state index contributed by atoms with van der Waals surface area (Å²) in [6, 6.07) is 0. The quantitative estimate of drug-likeness (QED) is 0.132. The van der Waals surface area contributed by atoms with Crippen LogP contribution in [-0.4, -0.2) is 17.5 Å². The number of rotatable bonds is 10. The van der Waals surface area contributed by atoms with Crippen LogP contribution in [0.1, 0.15) is 130 Å². The molecule has 3 fully saturated rings. The predicted octanol–water partition coefficient (Wildman–Crippen LogP) is 9.25. The summed E-state index contributed by atoms with van der Waals surface area (Å²) in [5, 5.41) is -0.149. The molecule has 0 N–H and O–H groups in total. The lowest BCUT2D eigenvalue weighted by molar-refractivity contribution is -0.151. The molecule has 3 heteroatoms. The molecule has 0 saturated heterocycles. The predicted molar refractivity (Wildman–Crippen MR) is 143 cm³/mol. The number of allylic oxidation sites excluding steroid dienone is 1. The van der Waals surface area contributed by atoms with Crippen LogP contribution in [0.25, 0.3) is 0 Å². The number of halogens is 1. The molecule has 3 saturated carbocycles. The molecule has 2 nitrogen and oxygen atoms in total. The minimum atomic E-state index is -0.149. The minimum Gasteiger partial charge on any atom is -0.462 e. The van der Waals surface area contributed by atoms with Crippen molar-refractivity contribution in [1.29, 1.82) is 0 Å². The van der Waals surface area contributed by atoms with Crippen molar-refractivity contribution in [3.63, 3.8) is 0 Å². The summed E-state index contributed by atoms with van der Waals surface area (Å²) in [6.45, 7) is 9.41. The van der Waals surface area contributed by atoms with E-state index in [2.05, 4.69) is 26.8 Å². The standard InChI is InChI=1S/C31H51ClO2/c1-5-6-7-8-9-10-11-23-13-15-27-26-14-12-24-21-25(34-29(33)20-22(2)32)16-18-31(24,4)28(26)17-19-30(23,27)3/h12,22-23,25-28H,5-11,13-21H2,1-4H3. The van der Waals surface area contributed by atoms with Crippen molar-refractivity contribution in [3.05, 3.63) is 11.6 Å². The highest BCUT2D eigenvalue weighted by Gasteiger charge is 2.58. The van der Waals surface area contributed by atoms with E-state index >= 15 is 0 Å². The Hall–Kier alpha value is -0.500. The minimum absolute atomic E-state index is 0.0563. The first-order valence-corrected chi connectivity index (χ1v) is 15.2. The van der Waals surface area contributed by atoms with Gasteiger partial charge in [-0.25, -0.2) is 0 Å². The summed E-state index contributed by atoms with van der Waals surface area (Å²) in [5.74, 6) is 3.46. The van der Waals surface area contributed by atoms with Crippen LogP contribution in [0.3, 0.4) is 0 Å². The van der Waals surface area contributed by atoms with E-state index in [4.69, 9.17) is 16.3 Å². The summed E-state index contributed by atoms with van der Waals surface area (Å²) in [7, 11) is 0. The number of alkyl halides is 1. The maximum atomic E-state index is 12.2. The molecule has 0 aromatic carbocycles. The normalized spacial score (nSPS) is 40.0. The van der Waals surface area contributed by atoms with Gasteiger partial charge in [-0.3, -0.25) is 4.79 Å². The van der Waals surface area contributed by atoms with Gasteiger partial charge in [0.1, 0.15) is 6.10 Å². The van der Waals surface area contributed by atoms with Gasteiger partial charge in [0.05, 0.1) is 6.42 Å². The third kappa shape index (κ3) is 5.42. The van der Waals surface area contributed by atoms with Gasteiger partial charge in [0.2, 0.25) is 0 Å². The second kappa shape index (κ2) is 11.3. The Morgan fingerprint density at radius 3 is 2.59 bits per heavy atom. The van der Waals surface area contributed by atoms with Crippen molar-refractivity contribution in [2.75, 3.05) is 0 Å². The average Bonchev–Trinajstić information content (AvgIpc) is 3.12. The van der Waals surface area contributed by atoms with Gasteiger partial charge in [-0.15, -0.1) is 11.6 Å². The van der Waals surface area contributed by atoms with E-state index in [1.54, 1.807) is 5.57 Å². The molecule has 0 aromatic heterocycles. The van der Waals surface area contributed by atoms with Crippen LogP contribution in [-0.2, 0) is 9.53 Å². The Kier molecular flexibility index (Phi) is 8.80. The molecule has 4 rings (SSSR count). The lowest BCUT2D eigenvalue weighted by Gasteiger charge is -2.58. The first kappa shape index (κ1) is 26.6. The smallest absolute Gasteiger partial charge is 0.307 e. The zero-order chi connectivity index (χ0) is 24.3. The molecular formula is C31H51ClO2. The molecule has 0 spiro atoms. The van der Waals surface area contributed by atoms with Crippen molar-refractivity contribution in [2.45, 2.75) is 142 Å². The van der Waals surface area contributed by atoms with Gasteiger partial charge >= 0.3 is 5.97 Å². The van der Waals surface area contributed by atoms with Crippen molar-refractivity contribution >= 4 is 17.6 Å². The van der Waals surface area contributed by atoms with E-state index in [-0.39, 0.29) is 17.5 Å². The Morgan fingerprint density at radius 2 is 1.82 bits per heavy atom. The Balaban J connectivity index is 1.36. The second-order valence-electron chi connectivity index (χ2n) is 13.0. The maximum absolute atomic E-state index is 12.2. The van der Waals surface area contributed by atoms with E-state index in [9.17, 15) is 4.79 Å². The molecule has 0 heterocycles. The van der Waals surface area contributed by atoms with Gasteiger partial charge in [0.25, 0.3) is 0 Å². The average molecular weight is 491 g/mol. The maximum Gasteiger partial charge on any atom is 0.307 e. The number of unbranched alkanes of at least 4 members (excludes halogenated alkanes) is 5. The van der Waals surface area contributed by atoms with Crippen LogP contribution in [0.4, 0.5) is 0 Å². The number of hydrogen-bond donors (Lipinski definition) is 0. The van der Waals surface area contributed by atoms with Gasteiger partial charge in [-0.2, -0.15) is 0 Å². The van der Waals surface area contributed by atoms with Crippen LogP contribution in [0.5, 0.6) is 0 Å². The van der Waals surface area contributed by atoms with Crippen molar-refractivity contribution in [2.24, 2.45) is 34.5 Å². The highest BCUT2D eigenvalue weighted by Crippen LogP contribution is 2.66. The largest absolute Gasteiger partial charge is 0.462 e. The van der Waals surface area contributed by atoms with E-state index in [1.165, 1.54) is 83.5 Å². The van der Waals surface area contributed by atoms with E-state index < -0.39 is 0 Å². The molecule has 34 heavy (non-hydrogen) atoms. The highest BCUT2D eigenvalue weighted by atomic mass is 35.5. The van der Waals surface area contributed by atoms with Gasteiger partial charge < -0.3 is 4.74 Å². The zero-order valence-electron chi connectivity index (χ0n) is 22.5. The van der Waals surface area contributed by atoms with E-state index in [0.717, 1.165) is 36.5 Å². The second-order valence-corrected chi connectivity index (χ2v) is 13.7. The van der Waals surface area contributed by atoms with Crippen LogP contribution < -0.4 is 0 Å². The third-order valence-electron chi connectivity index (χ3n) is 10.9. The van der Waals surface area contributed by atoms with Gasteiger partial charge in [-0.1, -0.05) is 70.9 Å². The van der Waals surface area contributed by atoms with Crippen LogP contribution in [0, 0.1) is 34.5 Å². The monoisotopic (exact) mass is 490 g/mol. The SMILES string of the molecule is CCCCCCCCC1CCC2C3CC=C4CC(OC(=O)CC(C)Cl)CCC4(C)C3CCC12C. The summed E-state index contributed by atoms with van der Waals surface area (Å²) in [4.78, 5) is 12.2. The number of fused-ring (bicyclic) bond motifs is 5. The lowest BCUT2D eigenvalue weighted by Crippen LogP contribution is -2.50. The van der Waals surface area contributed by atoms with Gasteiger partial charge in [-0.05, 0) is 92.8 Å². The van der Waals surface area contributed by atoms with Crippen molar-refractivity contribution < 1.29 is 9.53 Å². The first-order valence-electron chi connectivity index (χ1n) is 14.8. The summed E-state index contributed by atoms with van der Waals surface area (Å²) in [5.41, 5.74) is 2.50. The summed E-state index contributed by atoms with van der Waals surface area (Å²) in [6.07, 6.45) is 23.2. The van der Waals surface area contributed by atoms with E-state index in [1.807, 2.05) is 6.92 Å². The lowest BCUT2D eigenvalue weighted by atomic mass is 9.47. The molecule has 0 amide bonds. The number of carbonyl (C=O) groups is 1. The van der Waals surface area contributed by atoms with Gasteiger partial charge in [0.15, 0.2) is 0 Å².